The minimum Gasteiger partial charge on any atom is -0.399 e. The van der Waals surface area contributed by atoms with Crippen LogP contribution in [-0.2, 0) is 4.74 Å². The molecule has 0 unspecified atom stereocenters. The van der Waals surface area contributed by atoms with E-state index in [1.807, 2.05) is 19.1 Å². The van der Waals surface area contributed by atoms with Gasteiger partial charge in [0.1, 0.15) is 0 Å². The Hall–Kier alpha value is -0.930. The fourth-order valence-corrected chi connectivity index (χ4v) is 1.47. The second kappa shape index (κ2) is 6.53. The second-order valence-electron chi connectivity index (χ2n) is 3.22. The first kappa shape index (κ1) is 12.1. The average molecular weight is 229 g/mol. The van der Waals surface area contributed by atoms with Crippen LogP contribution in [0.4, 0.5) is 11.4 Å². The maximum atomic E-state index is 6.00. The number of halogens is 1. The maximum absolute atomic E-state index is 6.00. The van der Waals surface area contributed by atoms with E-state index in [2.05, 4.69) is 5.32 Å². The molecule has 4 heteroatoms. The van der Waals surface area contributed by atoms with Crippen molar-refractivity contribution < 1.29 is 4.74 Å². The molecule has 1 aromatic rings. The number of ether oxygens (including phenoxy) is 1. The molecule has 0 saturated carbocycles. The van der Waals surface area contributed by atoms with Crippen molar-refractivity contribution in [2.45, 2.75) is 13.3 Å². The van der Waals surface area contributed by atoms with E-state index >= 15 is 0 Å². The van der Waals surface area contributed by atoms with Crippen LogP contribution in [0.5, 0.6) is 0 Å². The van der Waals surface area contributed by atoms with Crippen LogP contribution >= 0.6 is 11.6 Å². The second-order valence-corrected chi connectivity index (χ2v) is 3.62. The molecule has 0 fully saturated rings. The number of nitrogens with two attached hydrogens (primary N) is 1. The summed E-state index contributed by atoms with van der Waals surface area (Å²) in [5.41, 5.74) is 7.19. The molecule has 0 bridgehead atoms. The lowest BCUT2D eigenvalue weighted by Crippen LogP contribution is -2.06. The molecule has 0 heterocycles. The number of rotatable bonds is 6. The highest BCUT2D eigenvalue weighted by Gasteiger charge is 1.99. The number of hydrogen-bond donors (Lipinski definition) is 2. The Balaban J connectivity index is 2.31. The van der Waals surface area contributed by atoms with Gasteiger partial charge >= 0.3 is 0 Å². The van der Waals surface area contributed by atoms with Gasteiger partial charge in [0, 0.05) is 25.4 Å². The van der Waals surface area contributed by atoms with Gasteiger partial charge in [-0.1, -0.05) is 11.6 Å². The summed E-state index contributed by atoms with van der Waals surface area (Å²) < 4.78 is 5.23. The van der Waals surface area contributed by atoms with Crippen LogP contribution < -0.4 is 11.1 Å². The molecule has 0 aliphatic rings. The van der Waals surface area contributed by atoms with Crippen LogP contribution in [0.25, 0.3) is 0 Å². The Morgan fingerprint density at radius 1 is 1.47 bits per heavy atom. The lowest BCUT2D eigenvalue weighted by atomic mass is 10.3. The molecule has 0 radical (unpaired) electrons. The quantitative estimate of drug-likeness (QED) is 0.582. The molecule has 0 aliphatic carbocycles. The van der Waals surface area contributed by atoms with Crippen molar-refractivity contribution in [2.24, 2.45) is 0 Å². The maximum Gasteiger partial charge on any atom is 0.0657 e. The van der Waals surface area contributed by atoms with Crippen molar-refractivity contribution >= 4 is 23.0 Å². The Morgan fingerprint density at radius 3 is 2.93 bits per heavy atom. The van der Waals surface area contributed by atoms with Gasteiger partial charge in [0.25, 0.3) is 0 Å². The van der Waals surface area contributed by atoms with Gasteiger partial charge in [-0.05, 0) is 31.5 Å². The third-order valence-electron chi connectivity index (χ3n) is 1.98. The van der Waals surface area contributed by atoms with Crippen LogP contribution in [0.15, 0.2) is 18.2 Å². The summed E-state index contributed by atoms with van der Waals surface area (Å²) in [4.78, 5) is 0. The molecule has 0 aliphatic heterocycles. The first-order chi connectivity index (χ1) is 7.24. The summed E-state index contributed by atoms with van der Waals surface area (Å²) in [5, 5.41) is 3.89. The molecule has 0 aromatic heterocycles. The number of benzene rings is 1. The van der Waals surface area contributed by atoms with Crippen molar-refractivity contribution in [2.75, 3.05) is 30.8 Å². The molecule has 0 spiro atoms. The number of hydrogen-bond acceptors (Lipinski definition) is 3. The first-order valence-corrected chi connectivity index (χ1v) is 5.48. The third-order valence-corrected chi connectivity index (χ3v) is 2.29. The van der Waals surface area contributed by atoms with Gasteiger partial charge in [-0.2, -0.15) is 0 Å². The number of nitrogen functional groups attached to an aromatic ring is 1. The average Bonchev–Trinajstić information content (AvgIpc) is 2.20. The van der Waals surface area contributed by atoms with Gasteiger partial charge in [-0.25, -0.2) is 0 Å². The van der Waals surface area contributed by atoms with Gasteiger partial charge in [0.2, 0.25) is 0 Å². The van der Waals surface area contributed by atoms with Crippen LogP contribution in [0, 0.1) is 0 Å². The zero-order chi connectivity index (χ0) is 11.1. The first-order valence-electron chi connectivity index (χ1n) is 5.10. The summed E-state index contributed by atoms with van der Waals surface area (Å²) in [6.07, 6.45) is 0.967. The van der Waals surface area contributed by atoms with Crippen LogP contribution in [-0.4, -0.2) is 19.8 Å². The van der Waals surface area contributed by atoms with Crippen LogP contribution in [0.1, 0.15) is 13.3 Å². The van der Waals surface area contributed by atoms with Crippen molar-refractivity contribution in [3.8, 4) is 0 Å². The normalized spacial score (nSPS) is 10.3. The van der Waals surface area contributed by atoms with E-state index in [4.69, 9.17) is 22.1 Å². The van der Waals surface area contributed by atoms with E-state index in [-0.39, 0.29) is 0 Å². The molecule has 1 rings (SSSR count). The van der Waals surface area contributed by atoms with Crippen molar-refractivity contribution in [1.29, 1.82) is 0 Å². The van der Waals surface area contributed by atoms with E-state index < -0.39 is 0 Å². The minimum absolute atomic E-state index is 0.659. The van der Waals surface area contributed by atoms with Crippen molar-refractivity contribution in [3.05, 3.63) is 23.2 Å². The molecule has 0 amide bonds. The molecule has 3 nitrogen and oxygen atoms in total. The highest BCUT2D eigenvalue weighted by Crippen LogP contribution is 2.23. The lowest BCUT2D eigenvalue weighted by molar-refractivity contribution is 0.147. The SMILES string of the molecule is CCOCCCNc1ccc(N)cc1Cl. The highest BCUT2D eigenvalue weighted by atomic mass is 35.5. The van der Waals surface area contributed by atoms with E-state index in [0.29, 0.717) is 10.7 Å². The monoisotopic (exact) mass is 228 g/mol. The molecule has 0 saturated heterocycles. The Bertz CT molecular complexity index is 305. The minimum atomic E-state index is 0.659. The number of nitrogens with one attached hydrogen (secondary N) is 1. The zero-order valence-electron chi connectivity index (χ0n) is 8.92. The molecular formula is C11H17ClN2O. The summed E-state index contributed by atoms with van der Waals surface area (Å²) in [6, 6.07) is 5.46. The molecule has 84 valence electrons. The van der Waals surface area contributed by atoms with Crippen LogP contribution in [0.3, 0.4) is 0 Å². The van der Waals surface area contributed by atoms with Gasteiger partial charge < -0.3 is 15.8 Å². The molecule has 1 aromatic carbocycles. The zero-order valence-corrected chi connectivity index (χ0v) is 9.68. The molecule has 3 N–H and O–H groups in total. The van der Waals surface area contributed by atoms with Gasteiger partial charge in [-0.3, -0.25) is 0 Å². The van der Waals surface area contributed by atoms with E-state index in [0.717, 1.165) is 31.9 Å². The highest BCUT2D eigenvalue weighted by molar-refractivity contribution is 6.33. The van der Waals surface area contributed by atoms with Gasteiger partial charge in [0.05, 0.1) is 10.7 Å². The third kappa shape index (κ3) is 4.40. The van der Waals surface area contributed by atoms with Crippen molar-refractivity contribution in [3.63, 3.8) is 0 Å². The molecule has 0 atom stereocenters. The Kier molecular flexibility index (Phi) is 5.29. The molecular weight excluding hydrogens is 212 g/mol. The largest absolute Gasteiger partial charge is 0.399 e. The van der Waals surface area contributed by atoms with Gasteiger partial charge in [-0.15, -0.1) is 0 Å². The predicted molar refractivity (Wildman–Crippen MR) is 65.5 cm³/mol. The Morgan fingerprint density at radius 2 is 2.27 bits per heavy atom. The van der Waals surface area contributed by atoms with E-state index in [9.17, 15) is 0 Å². The lowest BCUT2D eigenvalue weighted by Gasteiger charge is -2.08. The Labute approximate surface area is 95.6 Å². The van der Waals surface area contributed by atoms with E-state index in [1.165, 1.54) is 0 Å². The topological polar surface area (TPSA) is 47.3 Å². The fraction of sp³-hybridized carbons (Fsp3) is 0.455. The smallest absolute Gasteiger partial charge is 0.0657 e. The fourth-order valence-electron chi connectivity index (χ4n) is 1.22. The summed E-state index contributed by atoms with van der Waals surface area (Å²) >= 11 is 6.00. The number of anilines is 2. The van der Waals surface area contributed by atoms with Crippen LogP contribution in [0.2, 0.25) is 5.02 Å². The predicted octanol–water partition coefficient (Wildman–Crippen LogP) is 2.76. The standard InChI is InChI=1S/C11H17ClN2O/c1-2-15-7-3-6-14-11-5-4-9(13)8-10(11)12/h4-5,8,14H,2-3,6-7,13H2,1H3. The summed E-state index contributed by atoms with van der Waals surface area (Å²) in [6.45, 7) is 4.38. The van der Waals surface area contributed by atoms with E-state index in [1.54, 1.807) is 6.07 Å². The van der Waals surface area contributed by atoms with Gasteiger partial charge in [0.15, 0.2) is 0 Å². The molecule has 15 heavy (non-hydrogen) atoms. The van der Waals surface area contributed by atoms with Crippen molar-refractivity contribution in [1.82, 2.24) is 0 Å². The summed E-state index contributed by atoms with van der Waals surface area (Å²) in [7, 11) is 0. The summed E-state index contributed by atoms with van der Waals surface area (Å²) in [5.74, 6) is 0.